The summed E-state index contributed by atoms with van der Waals surface area (Å²) < 4.78 is 0. The topological polar surface area (TPSA) is 17.1 Å². The van der Waals surface area contributed by atoms with E-state index in [-0.39, 0.29) is 0 Å². The number of ketones is 1. The molecule has 0 heterocycles. The lowest BCUT2D eigenvalue weighted by Crippen LogP contribution is -2.20. The van der Waals surface area contributed by atoms with Crippen LogP contribution in [0.4, 0.5) is 0 Å². The zero-order valence-electron chi connectivity index (χ0n) is 6.05. The van der Waals surface area contributed by atoms with E-state index in [0.29, 0.717) is 11.7 Å². The number of Topliss-reactive ketones (excluding diaryl/α,β-unsaturated/α-hetero) is 1. The maximum Gasteiger partial charge on any atom is 0.136 e. The maximum atomic E-state index is 11.3. The minimum atomic E-state index is 0.500. The highest BCUT2D eigenvalue weighted by atomic mass is 16.1. The van der Waals surface area contributed by atoms with Crippen molar-refractivity contribution in [2.45, 2.75) is 25.7 Å². The Hall–Kier alpha value is -0.330. The summed E-state index contributed by atoms with van der Waals surface area (Å²) in [6.45, 7) is 0. The predicted octanol–water partition coefficient (Wildman–Crippen LogP) is 1.62. The number of carbonyl (C=O) groups is 1. The van der Waals surface area contributed by atoms with Crippen LogP contribution in [0.2, 0.25) is 0 Å². The van der Waals surface area contributed by atoms with Crippen LogP contribution in [0, 0.1) is 23.7 Å². The third kappa shape index (κ3) is 0.480. The van der Waals surface area contributed by atoms with Crippen molar-refractivity contribution in [2.75, 3.05) is 0 Å². The second kappa shape index (κ2) is 1.46. The second-order valence-corrected chi connectivity index (χ2v) is 4.17. The number of hydrogen-bond donors (Lipinski definition) is 0. The fourth-order valence-electron chi connectivity index (χ4n) is 3.14. The molecule has 0 spiro atoms. The molecule has 0 aromatic carbocycles. The van der Waals surface area contributed by atoms with E-state index in [2.05, 4.69) is 0 Å². The second-order valence-electron chi connectivity index (χ2n) is 4.17. The summed E-state index contributed by atoms with van der Waals surface area (Å²) in [6.07, 6.45) is 4.79. The number of rotatable bonds is 0. The molecule has 54 valence electrons. The van der Waals surface area contributed by atoms with Gasteiger partial charge in [-0.15, -0.1) is 0 Å². The zero-order valence-corrected chi connectivity index (χ0v) is 6.05. The minimum Gasteiger partial charge on any atom is -0.299 e. The molecule has 0 aromatic heterocycles. The molecular formula is C9H12O. The van der Waals surface area contributed by atoms with Crippen LogP contribution in [-0.4, -0.2) is 5.78 Å². The summed E-state index contributed by atoms with van der Waals surface area (Å²) in [5.74, 6) is 3.92. The molecule has 0 radical (unpaired) electrons. The first-order valence-corrected chi connectivity index (χ1v) is 4.39. The lowest BCUT2D eigenvalue weighted by molar-refractivity contribution is -0.124. The van der Waals surface area contributed by atoms with Crippen molar-refractivity contribution in [3.8, 4) is 0 Å². The molecule has 3 saturated carbocycles. The monoisotopic (exact) mass is 136 g/mol. The lowest BCUT2D eigenvalue weighted by atomic mass is 9.83. The van der Waals surface area contributed by atoms with Gasteiger partial charge in [0.05, 0.1) is 0 Å². The summed E-state index contributed by atoms with van der Waals surface area (Å²) in [6, 6.07) is 0. The Kier molecular flexibility index (Phi) is 0.781. The maximum absolute atomic E-state index is 11.3. The van der Waals surface area contributed by atoms with Crippen LogP contribution in [0.25, 0.3) is 0 Å². The summed E-state index contributed by atoms with van der Waals surface area (Å²) in [5, 5.41) is 0. The van der Waals surface area contributed by atoms with Crippen molar-refractivity contribution >= 4 is 5.78 Å². The van der Waals surface area contributed by atoms with Gasteiger partial charge in [-0.25, -0.2) is 0 Å². The van der Waals surface area contributed by atoms with E-state index in [1.54, 1.807) is 0 Å². The van der Waals surface area contributed by atoms with Crippen LogP contribution in [0.15, 0.2) is 0 Å². The van der Waals surface area contributed by atoms with Crippen LogP contribution in [0.5, 0.6) is 0 Å². The van der Waals surface area contributed by atoms with Gasteiger partial charge in [0, 0.05) is 12.3 Å². The number of hydrogen-bond acceptors (Lipinski definition) is 1. The van der Waals surface area contributed by atoms with Gasteiger partial charge in [0.1, 0.15) is 5.78 Å². The van der Waals surface area contributed by atoms with Crippen molar-refractivity contribution in [1.82, 2.24) is 0 Å². The minimum absolute atomic E-state index is 0.500. The van der Waals surface area contributed by atoms with Crippen LogP contribution in [0.1, 0.15) is 25.7 Å². The van der Waals surface area contributed by atoms with Gasteiger partial charge in [-0.1, -0.05) is 0 Å². The van der Waals surface area contributed by atoms with Crippen LogP contribution in [-0.2, 0) is 4.79 Å². The van der Waals surface area contributed by atoms with Gasteiger partial charge < -0.3 is 0 Å². The Morgan fingerprint density at radius 3 is 2.90 bits per heavy atom. The van der Waals surface area contributed by atoms with Crippen LogP contribution >= 0.6 is 0 Å². The molecular weight excluding hydrogens is 124 g/mol. The molecule has 0 N–H and O–H groups in total. The van der Waals surface area contributed by atoms with E-state index >= 15 is 0 Å². The van der Waals surface area contributed by atoms with Crippen molar-refractivity contribution in [1.29, 1.82) is 0 Å². The Bertz CT molecular complexity index is 193. The molecule has 3 aliphatic rings. The molecule has 3 aliphatic carbocycles. The van der Waals surface area contributed by atoms with E-state index in [1.807, 2.05) is 0 Å². The van der Waals surface area contributed by atoms with Crippen molar-refractivity contribution in [2.24, 2.45) is 23.7 Å². The van der Waals surface area contributed by atoms with Crippen molar-refractivity contribution in [3.63, 3.8) is 0 Å². The average molecular weight is 136 g/mol. The molecule has 4 atom stereocenters. The first kappa shape index (κ1) is 5.34. The standard InChI is InChI=1S/C9H12O/c10-9-4-8-6-2-1-5(9)3-7(6)8/h5-8H,1-4H2. The van der Waals surface area contributed by atoms with Crippen LogP contribution in [0.3, 0.4) is 0 Å². The molecule has 0 amide bonds. The van der Waals surface area contributed by atoms with E-state index in [0.717, 1.165) is 24.2 Å². The van der Waals surface area contributed by atoms with Gasteiger partial charge in [-0.3, -0.25) is 4.79 Å². The van der Waals surface area contributed by atoms with Gasteiger partial charge in [0.25, 0.3) is 0 Å². The van der Waals surface area contributed by atoms with E-state index < -0.39 is 0 Å². The number of fused-ring (bicyclic) bond motifs is 2. The van der Waals surface area contributed by atoms with E-state index in [1.165, 1.54) is 19.3 Å². The fraction of sp³-hybridized carbons (Fsp3) is 0.889. The third-order valence-electron chi connectivity index (χ3n) is 3.81. The first-order valence-electron chi connectivity index (χ1n) is 4.39. The molecule has 0 aliphatic heterocycles. The SMILES string of the molecule is O=C1CC2C3CCC1CC32. The van der Waals surface area contributed by atoms with Crippen LogP contribution < -0.4 is 0 Å². The quantitative estimate of drug-likeness (QED) is 0.494. The zero-order chi connectivity index (χ0) is 6.72. The summed E-state index contributed by atoms with van der Waals surface area (Å²) in [7, 11) is 0. The number of carbonyl (C=O) groups excluding carboxylic acids is 1. The van der Waals surface area contributed by atoms with Gasteiger partial charge in [0.2, 0.25) is 0 Å². The molecule has 2 bridgehead atoms. The molecule has 0 aromatic rings. The highest BCUT2D eigenvalue weighted by molar-refractivity contribution is 5.83. The van der Waals surface area contributed by atoms with Gasteiger partial charge in [-0.2, -0.15) is 0 Å². The highest BCUT2D eigenvalue weighted by Crippen LogP contribution is 2.62. The summed E-state index contributed by atoms with van der Waals surface area (Å²) in [5.41, 5.74) is 0. The van der Waals surface area contributed by atoms with Gasteiger partial charge >= 0.3 is 0 Å². The molecule has 10 heavy (non-hydrogen) atoms. The third-order valence-corrected chi connectivity index (χ3v) is 3.81. The van der Waals surface area contributed by atoms with Crippen molar-refractivity contribution < 1.29 is 4.79 Å². The molecule has 4 unspecified atom stereocenters. The predicted molar refractivity (Wildman–Crippen MR) is 37.4 cm³/mol. The smallest absolute Gasteiger partial charge is 0.136 e. The largest absolute Gasteiger partial charge is 0.299 e. The lowest BCUT2D eigenvalue weighted by Gasteiger charge is -2.20. The Morgan fingerprint density at radius 1 is 1.10 bits per heavy atom. The molecule has 1 nitrogen and oxygen atoms in total. The van der Waals surface area contributed by atoms with E-state index in [4.69, 9.17) is 0 Å². The van der Waals surface area contributed by atoms with E-state index in [9.17, 15) is 4.79 Å². The van der Waals surface area contributed by atoms with Gasteiger partial charge in [0.15, 0.2) is 0 Å². The first-order chi connectivity index (χ1) is 4.86. The summed E-state index contributed by atoms with van der Waals surface area (Å²) in [4.78, 5) is 11.3. The Morgan fingerprint density at radius 2 is 2.00 bits per heavy atom. The van der Waals surface area contributed by atoms with Crippen molar-refractivity contribution in [3.05, 3.63) is 0 Å². The molecule has 3 rings (SSSR count). The molecule has 1 heteroatoms. The normalized spacial score (nSPS) is 56.6. The fourth-order valence-corrected chi connectivity index (χ4v) is 3.14. The summed E-state index contributed by atoms with van der Waals surface area (Å²) >= 11 is 0. The molecule has 3 fully saturated rings. The average Bonchev–Trinajstić information content (AvgIpc) is 2.65. The Labute approximate surface area is 60.8 Å². The Balaban J connectivity index is 1.97. The molecule has 0 saturated heterocycles. The highest BCUT2D eigenvalue weighted by Gasteiger charge is 2.57. The van der Waals surface area contributed by atoms with Gasteiger partial charge in [-0.05, 0) is 37.0 Å².